The summed E-state index contributed by atoms with van der Waals surface area (Å²) in [5.74, 6) is -0.662. The van der Waals surface area contributed by atoms with Gasteiger partial charge < -0.3 is 15.1 Å². The summed E-state index contributed by atoms with van der Waals surface area (Å²) in [4.78, 5) is 16.3. The van der Waals surface area contributed by atoms with Crippen molar-refractivity contribution in [3.05, 3.63) is 53.6 Å². The average Bonchev–Trinajstić information content (AvgIpc) is 3.52. The number of benzene rings is 2. The number of piperidine rings is 1. The van der Waals surface area contributed by atoms with Crippen LogP contribution in [0.1, 0.15) is 36.8 Å². The zero-order chi connectivity index (χ0) is 21.6. The van der Waals surface area contributed by atoms with E-state index in [1.807, 2.05) is 40.1 Å². The minimum Gasteiger partial charge on any atom is -0.372 e. The molecule has 1 aliphatic carbocycles. The molecule has 1 amide bonds. The van der Waals surface area contributed by atoms with E-state index in [9.17, 15) is 18.0 Å². The molecule has 0 unspecified atom stereocenters. The van der Waals surface area contributed by atoms with Gasteiger partial charge in [0.15, 0.2) is 0 Å². The summed E-state index contributed by atoms with van der Waals surface area (Å²) in [5.41, 5.74) is 5.24. The van der Waals surface area contributed by atoms with Crippen molar-refractivity contribution in [2.45, 2.75) is 44.9 Å². The van der Waals surface area contributed by atoms with Crippen molar-refractivity contribution >= 4 is 23.0 Å². The Bertz CT molecular complexity index is 961. The number of rotatable bonds is 4. The van der Waals surface area contributed by atoms with E-state index in [1.54, 1.807) is 0 Å². The Morgan fingerprint density at radius 3 is 2.16 bits per heavy atom. The fourth-order valence-electron chi connectivity index (χ4n) is 4.60. The van der Waals surface area contributed by atoms with Crippen LogP contribution in [0.5, 0.6) is 0 Å². The monoisotopic (exact) mass is 429 g/mol. The van der Waals surface area contributed by atoms with Crippen LogP contribution >= 0.6 is 0 Å². The van der Waals surface area contributed by atoms with Gasteiger partial charge in [-0.15, -0.1) is 0 Å². The largest absolute Gasteiger partial charge is 0.391 e. The van der Waals surface area contributed by atoms with E-state index in [0.29, 0.717) is 26.2 Å². The third-order valence-corrected chi connectivity index (χ3v) is 6.65. The Balaban J connectivity index is 1.19. The van der Waals surface area contributed by atoms with Gasteiger partial charge in [0.25, 0.3) is 0 Å². The van der Waals surface area contributed by atoms with Gasteiger partial charge in [-0.2, -0.15) is 13.2 Å². The predicted molar refractivity (Wildman–Crippen MR) is 114 cm³/mol. The van der Waals surface area contributed by atoms with E-state index in [1.165, 1.54) is 11.1 Å². The second-order valence-corrected chi connectivity index (χ2v) is 8.93. The summed E-state index contributed by atoms with van der Waals surface area (Å²) in [6, 6.07) is 14.0. The number of fused-ring (bicyclic) bond motifs is 1. The zero-order valence-electron chi connectivity index (χ0n) is 17.3. The van der Waals surface area contributed by atoms with E-state index in [-0.39, 0.29) is 24.7 Å². The Morgan fingerprint density at radius 2 is 1.52 bits per heavy atom. The van der Waals surface area contributed by atoms with E-state index in [4.69, 9.17) is 0 Å². The first-order valence-electron chi connectivity index (χ1n) is 11.0. The Kier molecular flexibility index (Phi) is 5.07. The van der Waals surface area contributed by atoms with Crippen molar-refractivity contribution in [1.82, 2.24) is 4.90 Å². The number of amides is 1. The lowest BCUT2D eigenvalue weighted by Crippen LogP contribution is -2.38. The summed E-state index contributed by atoms with van der Waals surface area (Å²) >= 11 is 0. The molecule has 2 fully saturated rings. The molecule has 1 N–H and O–H groups in total. The van der Waals surface area contributed by atoms with Crippen LogP contribution in [0.2, 0.25) is 0 Å². The molecule has 0 aromatic heterocycles. The van der Waals surface area contributed by atoms with Gasteiger partial charge in [0.2, 0.25) is 5.91 Å². The van der Waals surface area contributed by atoms with Crippen LogP contribution in [0.4, 0.5) is 30.2 Å². The van der Waals surface area contributed by atoms with Crippen molar-refractivity contribution in [3.63, 3.8) is 0 Å². The molecule has 0 spiro atoms. The van der Waals surface area contributed by atoms with Crippen molar-refractivity contribution in [3.8, 4) is 0 Å². The fraction of sp³-hybridized carbons (Fsp3) is 0.458. The first-order valence-corrected chi connectivity index (χ1v) is 11.0. The van der Waals surface area contributed by atoms with Crippen molar-refractivity contribution in [1.29, 1.82) is 0 Å². The Labute approximate surface area is 180 Å². The second-order valence-electron chi connectivity index (χ2n) is 8.93. The maximum Gasteiger partial charge on any atom is 0.391 e. The van der Waals surface area contributed by atoms with Crippen molar-refractivity contribution in [2.75, 3.05) is 23.3 Å². The van der Waals surface area contributed by atoms with Gasteiger partial charge in [0.05, 0.1) is 5.92 Å². The molecule has 0 bridgehead atoms. The SMILES string of the molecule is O=C(C1CC1)N1Cc2ccc(Nc3ccc(N4CCC(C(F)(F)F)CC4)cc3)cc2C1. The number of hydrogen-bond donors (Lipinski definition) is 1. The van der Waals surface area contributed by atoms with E-state index < -0.39 is 12.1 Å². The summed E-state index contributed by atoms with van der Waals surface area (Å²) in [6.07, 6.45) is -1.74. The quantitative estimate of drug-likeness (QED) is 0.701. The van der Waals surface area contributed by atoms with Crippen LogP contribution in [-0.4, -0.2) is 30.1 Å². The summed E-state index contributed by atoms with van der Waals surface area (Å²) in [7, 11) is 0. The standard InChI is InChI=1S/C24H26F3N3O/c25-24(26,27)19-9-11-29(12-10-19)22-7-5-20(6-8-22)28-21-4-3-17-14-30(15-18(17)13-21)23(31)16-1-2-16/h3-8,13,16,19,28H,1-2,9-12,14-15H2. The number of halogens is 3. The highest BCUT2D eigenvalue weighted by Crippen LogP contribution is 2.37. The smallest absolute Gasteiger partial charge is 0.372 e. The lowest BCUT2D eigenvalue weighted by Gasteiger charge is -2.34. The number of anilines is 3. The third-order valence-electron chi connectivity index (χ3n) is 6.65. The molecule has 1 saturated carbocycles. The van der Waals surface area contributed by atoms with Gasteiger partial charge in [-0.3, -0.25) is 4.79 Å². The second kappa shape index (κ2) is 7.77. The summed E-state index contributed by atoms with van der Waals surface area (Å²) in [5, 5.41) is 3.40. The number of nitrogens with one attached hydrogen (secondary N) is 1. The first kappa shape index (κ1) is 20.2. The third kappa shape index (κ3) is 4.36. The summed E-state index contributed by atoms with van der Waals surface area (Å²) in [6.45, 7) is 2.23. The molecule has 3 aliphatic rings. The lowest BCUT2D eigenvalue weighted by molar-refractivity contribution is -0.179. The van der Waals surface area contributed by atoms with Gasteiger partial charge in [-0.05, 0) is 73.2 Å². The average molecular weight is 429 g/mol. The van der Waals surface area contributed by atoms with Gasteiger partial charge in [0.1, 0.15) is 0 Å². The molecule has 0 radical (unpaired) electrons. The molecule has 2 aromatic carbocycles. The normalized spacial score (nSPS) is 19.5. The van der Waals surface area contributed by atoms with Crippen LogP contribution in [0.15, 0.2) is 42.5 Å². The topological polar surface area (TPSA) is 35.6 Å². The van der Waals surface area contributed by atoms with Gasteiger partial charge in [-0.25, -0.2) is 0 Å². The number of alkyl halides is 3. The van der Waals surface area contributed by atoms with E-state index in [0.717, 1.165) is 29.9 Å². The maximum atomic E-state index is 12.9. The van der Waals surface area contributed by atoms with Crippen molar-refractivity contribution < 1.29 is 18.0 Å². The Morgan fingerprint density at radius 1 is 0.871 bits per heavy atom. The first-order chi connectivity index (χ1) is 14.9. The molecule has 1 saturated heterocycles. The molecule has 7 heteroatoms. The van der Waals surface area contributed by atoms with Crippen LogP contribution < -0.4 is 10.2 Å². The van der Waals surface area contributed by atoms with Crippen LogP contribution in [-0.2, 0) is 17.9 Å². The number of carbonyl (C=O) groups is 1. The Hall–Kier alpha value is -2.70. The molecule has 31 heavy (non-hydrogen) atoms. The molecule has 2 aliphatic heterocycles. The summed E-state index contributed by atoms with van der Waals surface area (Å²) < 4.78 is 38.6. The molecule has 164 valence electrons. The minimum atomic E-state index is -4.09. The highest BCUT2D eigenvalue weighted by molar-refractivity contribution is 5.81. The molecule has 2 aromatic rings. The molecule has 0 atom stereocenters. The van der Waals surface area contributed by atoms with E-state index >= 15 is 0 Å². The molecular formula is C24H26F3N3O. The minimum absolute atomic E-state index is 0.152. The zero-order valence-corrected chi connectivity index (χ0v) is 17.3. The molecule has 5 rings (SSSR count). The van der Waals surface area contributed by atoms with Crippen LogP contribution in [0, 0.1) is 11.8 Å². The highest BCUT2D eigenvalue weighted by Gasteiger charge is 2.41. The number of hydrogen-bond acceptors (Lipinski definition) is 3. The van der Waals surface area contributed by atoms with Crippen LogP contribution in [0.25, 0.3) is 0 Å². The van der Waals surface area contributed by atoms with Crippen LogP contribution in [0.3, 0.4) is 0 Å². The number of carbonyl (C=O) groups excluding carboxylic acids is 1. The maximum absolute atomic E-state index is 12.9. The molecule has 2 heterocycles. The van der Waals surface area contributed by atoms with Gasteiger partial charge >= 0.3 is 6.18 Å². The fourth-order valence-corrected chi connectivity index (χ4v) is 4.60. The molecular weight excluding hydrogens is 403 g/mol. The van der Waals surface area contributed by atoms with Crippen molar-refractivity contribution in [2.24, 2.45) is 11.8 Å². The van der Waals surface area contributed by atoms with Gasteiger partial charge in [0, 0.05) is 49.2 Å². The van der Waals surface area contributed by atoms with Gasteiger partial charge in [-0.1, -0.05) is 6.07 Å². The highest BCUT2D eigenvalue weighted by atomic mass is 19.4. The van der Waals surface area contributed by atoms with E-state index in [2.05, 4.69) is 17.4 Å². The number of nitrogens with zero attached hydrogens (tertiary/aromatic N) is 2. The predicted octanol–water partition coefficient (Wildman–Crippen LogP) is 5.46. The lowest BCUT2D eigenvalue weighted by atomic mass is 9.96. The molecule has 4 nitrogen and oxygen atoms in total.